The second-order valence-electron chi connectivity index (χ2n) is 3.15. The lowest BCUT2D eigenvalue weighted by atomic mass is 10.1. The van der Waals surface area contributed by atoms with Gasteiger partial charge in [0.15, 0.2) is 0 Å². The van der Waals surface area contributed by atoms with Crippen molar-refractivity contribution in [3.05, 3.63) is 53.3 Å². The lowest BCUT2D eigenvalue weighted by Gasteiger charge is -2.05. The molecule has 2 aromatic carbocycles. The van der Waals surface area contributed by atoms with Crippen LogP contribution in [0.4, 0.5) is 4.39 Å². The van der Waals surface area contributed by atoms with E-state index < -0.39 is 5.82 Å². The number of hydrogen-bond acceptors (Lipinski definition) is 1. The van der Waals surface area contributed by atoms with Gasteiger partial charge in [0.1, 0.15) is 11.6 Å². The van der Waals surface area contributed by atoms with Gasteiger partial charge < -0.3 is 5.11 Å². The Labute approximate surface area is 91.8 Å². The van der Waals surface area contributed by atoms with Gasteiger partial charge in [-0.05, 0) is 23.8 Å². The Kier molecular flexibility index (Phi) is 2.60. The van der Waals surface area contributed by atoms with Crippen LogP contribution in [0, 0.1) is 5.82 Å². The van der Waals surface area contributed by atoms with E-state index in [9.17, 15) is 9.50 Å². The Balaban J connectivity index is 2.59. The summed E-state index contributed by atoms with van der Waals surface area (Å²) in [7, 11) is 0. The summed E-state index contributed by atoms with van der Waals surface area (Å²) in [6, 6.07) is 11.1. The Hall–Kier alpha value is -1.54. The van der Waals surface area contributed by atoms with Gasteiger partial charge in [0, 0.05) is 5.56 Å². The van der Waals surface area contributed by atoms with Crippen LogP contribution in [0.25, 0.3) is 11.1 Å². The van der Waals surface area contributed by atoms with Crippen molar-refractivity contribution in [1.82, 2.24) is 0 Å². The maximum Gasteiger partial charge on any atom is 0.142 e. The van der Waals surface area contributed by atoms with E-state index in [1.54, 1.807) is 36.4 Å². The average Bonchev–Trinajstić information content (AvgIpc) is 2.22. The van der Waals surface area contributed by atoms with E-state index in [2.05, 4.69) is 0 Å². The van der Waals surface area contributed by atoms with Crippen LogP contribution in [0.15, 0.2) is 42.5 Å². The molecule has 0 heterocycles. The van der Waals surface area contributed by atoms with Crippen LogP contribution in [0.5, 0.6) is 5.75 Å². The fraction of sp³-hybridized carbons (Fsp3) is 0. The summed E-state index contributed by atoms with van der Waals surface area (Å²) in [5.41, 5.74) is 1.27. The minimum Gasteiger partial charge on any atom is -0.508 e. The maximum absolute atomic E-state index is 13.2. The van der Waals surface area contributed by atoms with Crippen LogP contribution in [0.1, 0.15) is 0 Å². The quantitative estimate of drug-likeness (QED) is 0.777. The van der Waals surface area contributed by atoms with Crippen molar-refractivity contribution in [2.75, 3.05) is 0 Å². The summed E-state index contributed by atoms with van der Waals surface area (Å²) in [4.78, 5) is 0. The van der Waals surface area contributed by atoms with E-state index in [4.69, 9.17) is 11.6 Å². The average molecular weight is 223 g/mol. The highest BCUT2D eigenvalue weighted by molar-refractivity contribution is 6.33. The van der Waals surface area contributed by atoms with Gasteiger partial charge in [-0.25, -0.2) is 4.39 Å². The molecule has 15 heavy (non-hydrogen) atoms. The van der Waals surface area contributed by atoms with Gasteiger partial charge in [0.05, 0.1) is 5.02 Å². The van der Waals surface area contributed by atoms with Gasteiger partial charge in [-0.15, -0.1) is 0 Å². The van der Waals surface area contributed by atoms with Crippen LogP contribution in [0.3, 0.4) is 0 Å². The highest BCUT2D eigenvalue weighted by Crippen LogP contribution is 2.31. The molecule has 3 heteroatoms. The molecule has 0 atom stereocenters. The SMILES string of the molecule is Oc1cccc(-c2cccc(F)c2Cl)c1. The molecule has 0 bridgehead atoms. The molecule has 76 valence electrons. The van der Waals surface area contributed by atoms with Crippen LogP contribution in [0.2, 0.25) is 5.02 Å². The first-order valence-corrected chi connectivity index (χ1v) is 4.79. The number of halogens is 2. The molecule has 1 N–H and O–H groups in total. The molecule has 0 saturated carbocycles. The van der Waals surface area contributed by atoms with Crippen molar-refractivity contribution >= 4 is 11.6 Å². The monoisotopic (exact) mass is 222 g/mol. The molecule has 2 rings (SSSR count). The van der Waals surface area contributed by atoms with Crippen LogP contribution in [-0.4, -0.2) is 5.11 Å². The fourth-order valence-corrected chi connectivity index (χ4v) is 1.64. The Bertz CT molecular complexity index is 497. The molecular formula is C12H8ClFO. The summed E-state index contributed by atoms with van der Waals surface area (Å²) >= 11 is 5.82. The highest BCUT2D eigenvalue weighted by atomic mass is 35.5. The Morgan fingerprint density at radius 3 is 2.53 bits per heavy atom. The molecule has 0 amide bonds. The summed E-state index contributed by atoms with van der Waals surface area (Å²) in [6.07, 6.45) is 0. The number of phenols is 1. The molecule has 0 aromatic heterocycles. The second-order valence-corrected chi connectivity index (χ2v) is 3.53. The largest absolute Gasteiger partial charge is 0.508 e. The number of aromatic hydroxyl groups is 1. The molecule has 0 unspecified atom stereocenters. The lowest BCUT2D eigenvalue weighted by molar-refractivity contribution is 0.475. The van der Waals surface area contributed by atoms with E-state index in [1.807, 2.05) is 0 Å². The number of hydrogen-bond donors (Lipinski definition) is 1. The first kappa shape index (κ1) is 9.99. The van der Waals surface area contributed by atoms with Gasteiger partial charge in [0.25, 0.3) is 0 Å². The zero-order valence-electron chi connectivity index (χ0n) is 7.74. The molecule has 0 aliphatic rings. The molecule has 0 aliphatic carbocycles. The number of benzene rings is 2. The number of rotatable bonds is 1. The minimum absolute atomic E-state index is 0.0723. The van der Waals surface area contributed by atoms with Crippen molar-refractivity contribution in [3.63, 3.8) is 0 Å². The van der Waals surface area contributed by atoms with Gasteiger partial charge in [-0.1, -0.05) is 35.9 Å². The molecule has 1 nitrogen and oxygen atoms in total. The van der Waals surface area contributed by atoms with Crippen LogP contribution < -0.4 is 0 Å². The number of phenolic OH excluding ortho intramolecular Hbond substituents is 1. The molecule has 0 spiro atoms. The zero-order valence-corrected chi connectivity index (χ0v) is 8.50. The standard InChI is InChI=1S/C12H8ClFO/c13-12-10(5-2-6-11(12)14)8-3-1-4-9(15)7-8/h1-7,15H. The fourth-order valence-electron chi connectivity index (χ4n) is 1.40. The third-order valence-corrected chi connectivity index (χ3v) is 2.49. The van der Waals surface area contributed by atoms with Gasteiger partial charge in [-0.2, -0.15) is 0 Å². The van der Waals surface area contributed by atoms with E-state index in [1.165, 1.54) is 6.07 Å². The van der Waals surface area contributed by atoms with E-state index >= 15 is 0 Å². The predicted molar refractivity (Wildman–Crippen MR) is 58.5 cm³/mol. The van der Waals surface area contributed by atoms with E-state index in [-0.39, 0.29) is 10.8 Å². The molecule has 0 fully saturated rings. The summed E-state index contributed by atoms with van der Waals surface area (Å²) in [6.45, 7) is 0. The maximum atomic E-state index is 13.2. The van der Waals surface area contributed by atoms with E-state index in [0.717, 1.165) is 0 Å². The molecule has 2 aromatic rings. The predicted octanol–water partition coefficient (Wildman–Crippen LogP) is 3.85. The summed E-state index contributed by atoms with van der Waals surface area (Å²) < 4.78 is 13.2. The van der Waals surface area contributed by atoms with Crippen LogP contribution in [-0.2, 0) is 0 Å². The smallest absolute Gasteiger partial charge is 0.142 e. The van der Waals surface area contributed by atoms with E-state index in [0.29, 0.717) is 11.1 Å². The third-order valence-electron chi connectivity index (χ3n) is 2.11. The highest BCUT2D eigenvalue weighted by Gasteiger charge is 2.07. The van der Waals surface area contributed by atoms with Gasteiger partial charge in [-0.3, -0.25) is 0 Å². The second kappa shape index (κ2) is 3.91. The van der Waals surface area contributed by atoms with Crippen molar-refractivity contribution in [2.45, 2.75) is 0 Å². The molecular weight excluding hydrogens is 215 g/mol. The normalized spacial score (nSPS) is 10.3. The van der Waals surface area contributed by atoms with Gasteiger partial charge in [0.2, 0.25) is 0 Å². The topological polar surface area (TPSA) is 20.2 Å². The molecule has 0 aliphatic heterocycles. The third kappa shape index (κ3) is 1.95. The zero-order chi connectivity index (χ0) is 10.8. The summed E-state index contributed by atoms with van der Waals surface area (Å²) in [5.74, 6) is -0.328. The first-order valence-electron chi connectivity index (χ1n) is 4.42. The van der Waals surface area contributed by atoms with Crippen LogP contribution >= 0.6 is 11.6 Å². The minimum atomic E-state index is -0.461. The lowest BCUT2D eigenvalue weighted by Crippen LogP contribution is -1.83. The van der Waals surface area contributed by atoms with Crippen molar-refractivity contribution in [3.8, 4) is 16.9 Å². The van der Waals surface area contributed by atoms with Crippen molar-refractivity contribution in [1.29, 1.82) is 0 Å². The molecule has 0 radical (unpaired) electrons. The summed E-state index contributed by atoms with van der Waals surface area (Å²) in [5, 5.41) is 9.37. The Morgan fingerprint density at radius 2 is 1.80 bits per heavy atom. The van der Waals surface area contributed by atoms with Gasteiger partial charge >= 0.3 is 0 Å². The first-order chi connectivity index (χ1) is 7.18. The van der Waals surface area contributed by atoms with Crippen molar-refractivity contribution in [2.24, 2.45) is 0 Å². The molecule has 0 saturated heterocycles. The van der Waals surface area contributed by atoms with Crippen molar-refractivity contribution < 1.29 is 9.50 Å². The Morgan fingerprint density at radius 1 is 1.07 bits per heavy atom.